The minimum absolute atomic E-state index is 0.0185. The Bertz CT molecular complexity index is 1320. The van der Waals surface area contributed by atoms with Gasteiger partial charge in [0.1, 0.15) is 0 Å². The Hall–Kier alpha value is -2.29. The fraction of sp³-hybridized carbons (Fsp3) is 0.440. The van der Waals surface area contributed by atoms with E-state index < -0.39 is 9.84 Å². The van der Waals surface area contributed by atoms with Crippen molar-refractivity contribution < 1.29 is 8.42 Å². The Balaban J connectivity index is 1.77. The lowest BCUT2D eigenvalue weighted by atomic mass is 9.87. The highest BCUT2D eigenvalue weighted by molar-refractivity contribution is 7.91. The first-order valence-corrected chi connectivity index (χ1v) is 13.5. The van der Waals surface area contributed by atoms with Gasteiger partial charge in [0.15, 0.2) is 15.7 Å². The van der Waals surface area contributed by atoms with Crippen LogP contribution in [-0.4, -0.2) is 52.3 Å². The van der Waals surface area contributed by atoms with Crippen molar-refractivity contribution in [1.29, 1.82) is 0 Å². The number of hydrogen-bond acceptors (Lipinski definition) is 5. The first kappa shape index (κ1) is 23.9. The molecule has 1 aliphatic rings. The van der Waals surface area contributed by atoms with Crippen LogP contribution in [0.1, 0.15) is 38.3 Å². The maximum atomic E-state index is 12.0. The van der Waals surface area contributed by atoms with E-state index in [2.05, 4.69) is 64.1 Å². The summed E-state index contributed by atoms with van der Waals surface area (Å²) >= 11 is 5.90. The van der Waals surface area contributed by atoms with Crippen molar-refractivity contribution in [3.05, 3.63) is 64.4 Å². The second-order valence-electron chi connectivity index (χ2n) is 10.0. The molecule has 0 amide bonds. The molecule has 0 N–H and O–H groups in total. The molecule has 2 heterocycles. The van der Waals surface area contributed by atoms with E-state index in [0.29, 0.717) is 17.9 Å². The van der Waals surface area contributed by atoms with Crippen LogP contribution >= 0.6 is 12.2 Å². The summed E-state index contributed by atoms with van der Waals surface area (Å²) < 4.78 is 28.3. The predicted molar refractivity (Wildman–Crippen MR) is 136 cm³/mol. The molecule has 33 heavy (non-hydrogen) atoms. The number of aromatic nitrogens is 3. The lowest BCUT2D eigenvalue weighted by Crippen LogP contribution is -2.34. The van der Waals surface area contributed by atoms with E-state index >= 15 is 0 Å². The number of sulfone groups is 1. The van der Waals surface area contributed by atoms with Gasteiger partial charge in [0.05, 0.1) is 23.9 Å². The highest BCUT2D eigenvalue weighted by Crippen LogP contribution is 2.28. The number of nitrogens with zero attached hydrogens (tertiary/aromatic N) is 4. The van der Waals surface area contributed by atoms with Gasteiger partial charge >= 0.3 is 0 Å². The van der Waals surface area contributed by atoms with Gasteiger partial charge in [-0.3, -0.25) is 9.47 Å². The van der Waals surface area contributed by atoms with Crippen molar-refractivity contribution in [3.63, 3.8) is 0 Å². The normalized spacial score (nSPS) is 18.2. The Labute approximate surface area is 201 Å². The van der Waals surface area contributed by atoms with E-state index in [1.54, 1.807) is 4.68 Å². The highest BCUT2D eigenvalue weighted by atomic mass is 32.2. The fourth-order valence-electron chi connectivity index (χ4n) is 4.29. The minimum atomic E-state index is -2.96. The second-order valence-corrected chi connectivity index (χ2v) is 12.6. The maximum Gasteiger partial charge on any atom is 0.204 e. The maximum absolute atomic E-state index is 12.0. The summed E-state index contributed by atoms with van der Waals surface area (Å²) in [4.78, 5) is 2.04. The van der Waals surface area contributed by atoms with Gasteiger partial charge in [-0.2, -0.15) is 0 Å². The summed E-state index contributed by atoms with van der Waals surface area (Å²) in [6.07, 6.45) is 0.645. The van der Waals surface area contributed by atoms with Crippen molar-refractivity contribution in [2.45, 2.75) is 52.2 Å². The smallest absolute Gasteiger partial charge is 0.204 e. The first-order valence-electron chi connectivity index (χ1n) is 11.2. The van der Waals surface area contributed by atoms with Crippen molar-refractivity contribution in [3.8, 4) is 17.1 Å². The molecule has 0 radical (unpaired) electrons. The molecule has 1 saturated heterocycles. The fourth-order valence-corrected chi connectivity index (χ4v) is 6.38. The summed E-state index contributed by atoms with van der Waals surface area (Å²) in [6, 6.07) is 16.6. The van der Waals surface area contributed by atoms with E-state index in [1.807, 2.05) is 28.6 Å². The Morgan fingerprint density at radius 3 is 2.36 bits per heavy atom. The van der Waals surface area contributed by atoms with Crippen LogP contribution < -0.4 is 0 Å². The summed E-state index contributed by atoms with van der Waals surface area (Å²) in [5, 5.41) is 4.92. The van der Waals surface area contributed by atoms with Gasteiger partial charge in [0.25, 0.3) is 0 Å². The predicted octanol–water partition coefficient (Wildman–Crippen LogP) is 4.75. The van der Waals surface area contributed by atoms with Gasteiger partial charge < -0.3 is 0 Å². The van der Waals surface area contributed by atoms with E-state index in [9.17, 15) is 8.42 Å². The van der Waals surface area contributed by atoms with Crippen LogP contribution in [0.25, 0.3) is 17.1 Å². The molecular weight excluding hydrogens is 452 g/mol. The topological polar surface area (TPSA) is 60.1 Å². The highest BCUT2D eigenvalue weighted by Gasteiger charge is 2.31. The molecule has 0 bridgehead atoms. The Morgan fingerprint density at radius 2 is 1.79 bits per heavy atom. The second kappa shape index (κ2) is 8.81. The van der Waals surface area contributed by atoms with Crippen LogP contribution in [0.4, 0.5) is 0 Å². The van der Waals surface area contributed by atoms with Crippen LogP contribution in [0.3, 0.4) is 0 Å². The van der Waals surface area contributed by atoms with Gasteiger partial charge in [-0.05, 0) is 55.2 Å². The number of hydrogen-bond donors (Lipinski definition) is 0. The van der Waals surface area contributed by atoms with Gasteiger partial charge in [-0.15, -0.1) is 5.10 Å². The molecule has 1 atom stereocenters. The molecule has 0 saturated carbocycles. The third kappa shape index (κ3) is 4.98. The number of rotatable bonds is 5. The van der Waals surface area contributed by atoms with Gasteiger partial charge in [0.2, 0.25) is 4.77 Å². The van der Waals surface area contributed by atoms with Gasteiger partial charge in [0, 0.05) is 11.6 Å². The molecule has 2 aromatic carbocycles. The molecule has 1 aromatic heterocycles. The van der Waals surface area contributed by atoms with E-state index in [-0.39, 0.29) is 23.0 Å². The number of para-hydroxylation sites is 1. The Kier molecular flexibility index (Phi) is 6.37. The largest absolute Gasteiger partial charge is 0.283 e. The van der Waals surface area contributed by atoms with Crippen molar-refractivity contribution in [2.24, 2.45) is 0 Å². The molecule has 176 valence electrons. The van der Waals surface area contributed by atoms with Crippen molar-refractivity contribution in [1.82, 2.24) is 19.2 Å². The van der Waals surface area contributed by atoms with E-state index in [4.69, 9.17) is 17.3 Å². The molecule has 1 fully saturated rings. The standard InChI is InChI=1S/C25H32N4O2S2/c1-18-8-6-7-9-22(18)29-23(19-10-12-20(13-11-19)25(2,3)4)26-28(24(29)32)17-27(5)21-14-15-33(30,31)16-21/h6-13,21H,14-17H2,1-5H3/t21-/m1/s1. The third-order valence-electron chi connectivity index (χ3n) is 6.39. The molecule has 8 heteroatoms. The third-order valence-corrected chi connectivity index (χ3v) is 8.54. The van der Waals surface area contributed by atoms with E-state index in [0.717, 1.165) is 22.6 Å². The summed E-state index contributed by atoms with van der Waals surface area (Å²) in [7, 11) is -1.01. The first-order chi connectivity index (χ1) is 15.5. The molecule has 1 aliphatic heterocycles. The molecule has 6 nitrogen and oxygen atoms in total. The SMILES string of the molecule is Cc1ccccc1-n1c(-c2ccc(C(C)(C)C)cc2)nn(CN(C)[C@@H]2CCS(=O)(=O)C2)c1=S. The average Bonchev–Trinajstić information content (AvgIpc) is 3.27. The van der Waals surface area contributed by atoms with Crippen LogP contribution in [0, 0.1) is 11.7 Å². The molecule has 0 spiro atoms. The van der Waals surface area contributed by atoms with Crippen LogP contribution in [0.15, 0.2) is 48.5 Å². The van der Waals surface area contributed by atoms with Crippen LogP contribution in [0.5, 0.6) is 0 Å². The molecule has 0 unspecified atom stereocenters. The summed E-state index contributed by atoms with van der Waals surface area (Å²) in [5.74, 6) is 1.22. The lowest BCUT2D eigenvalue weighted by Gasteiger charge is -2.22. The average molecular weight is 485 g/mol. The molecular formula is C25H32N4O2S2. The van der Waals surface area contributed by atoms with E-state index in [1.165, 1.54) is 5.56 Å². The van der Waals surface area contributed by atoms with Gasteiger partial charge in [-0.25, -0.2) is 13.1 Å². The minimum Gasteiger partial charge on any atom is -0.283 e. The summed E-state index contributed by atoms with van der Waals surface area (Å²) in [5.41, 5.74) is 4.42. The van der Waals surface area contributed by atoms with Crippen molar-refractivity contribution >= 4 is 22.1 Å². The molecule has 3 aromatic rings. The van der Waals surface area contributed by atoms with Crippen molar-refractivity contribution in [2.75, 3.05) is 18.6 Å². The number of benzene rings is 2. The lowest BCUT2D eigenvalue weighted by molar-refractivity contribution is 0.196. The zero-order chi connectivity index (χ0) is 24.0. The monoisotopic (exact) mass is 484 g/mol. The molecule has 4 rings (SSSR count). The van der Waals surface area contributed by atoms with Crippen LogP contribution in [-0.2, 0) is 21.9 Å². The Morgan fingerprint density at radius 1 is 1.12 bits per heavy atom. The molecule has 0 aliphatic carbocycles. The summed E-state index contributed by atoms with van der Waals surface area (Å²) in [6.45, 7) is 9.10. The zero-order valence-electron chi connectivity index (χ0n) is 19.9. The zero-order valence-corrected chi connectivity index (χ0v) is 21.6. The quantitative estimate of drug-likeness (QED) is 0.489. The number of aryl methyl sites for hydroxylation is 1. The van der Waals surface area contributed by atoms with Crippen LogP contribution in [0.2, 0.25) is 0 Å². The van der Waals surface area contributed by atoms with Gasteiger partial charge in [-0.1, -0.05) is 63.2 Å².